The van der Waals surface area contributed by atoms with Gasteiger partial charge in [-0.05, 0) is 42.4 Å². The van der Waals surface area contributed by atoms with Crippen molar-refractivity contribution in [3.05, 3.63) is 51.2 Å². The van der Waals surface area contributed by atoms with Crippen LogP contribution in [-0.4, -0.2) is 18.6 Å². The first-order valence-corrected chi connectivity index (χ1v) is 9.20. The van der Waals surface area contributed by atoms with Crippen molar-refractivity contribution in [1.82, 2.24) is 5.32 Å². The SMILES string of the molecule is C[C@H]1CCc2c(C(=O)NC[C@@H]3Cc4ccccc4O3)csc2C1. The zero-order valence-electron chi connectivity index (χ0n) is 13.3. The number of amides is 1. The number of hydrogen-bond acceptors (Lipinski definition) is 3. The molecule has 1 aromatic carbocycles. The molecule has 4 heteroatoms. The fourth-order valence-corrected chi connectivity index (χ4v) is 4.78. The highest BCUT2D eigenvalue weighted by molar-refractivity contribution is 7.10. The van der Waals surface area contributed by atoms with E-state index in [9.17, 15) is 4.79 Å². The van der Waals surface area contributed by atoms with Gasteiger partial charge in [0.2, 0.25) is 0 Å². The molecule has 0 spiro atoms. The van der Waals surface area contributed by atoms with Crippen LogP contribution in [0.5, 0.6) is 5.75 Å². The molecule has 3 nitrogen and oxygen atoms in total. The number of carbonyl (C=O) groups excluding carboxylic acids is 1. The van der Waals surface area contributed by atoms with Gasteiger partial charge in [-0.2, -0.15) is 0 Å². The number of ether oxygens (including phenoxy) is 1. The van der Waals surface area contributed by atoms with Crippen LogP contribution >= 0.6 is 11.3 Å². The number of rotatable bonds is 3. The third-order valence-corrected chi connectivity index (χ3v) is 5.90. The van der Waals surface area contributed by atoms with E-state index in [-0.39, 0.29) is 12.0 Å². The second-order valence-electron chi connectivity index (χ2n) is 6.66. The average molecular weight is 327 g/mol. The molecule has 1 N–H and O–H groups in total. The predicted molar refractivity (Wildman–Crippen MR) is 92.4 cm³/mol. The Morgan fingerprint density at radius 2 is 2.22 bits per heavy atom. The van der Waals surface area contributed by atoms with Crippen molar-refractivity contribution in [3.63, 3.8) is 0 Å². The van der Waals surface area contributed by atoms with Gasteiger partial charge in [-0.1, -0.05) is 25.1 Å². The summed E-state index contributed by atoms with van der Waals surface area (Å²) in [6.45, 7) is 2.85. The minimum Gasteiger partial charge on any atom is -0.488 e. The molecule has 23 heavy (non-hydrogen) atoms. The van der Waals surface area contributed by atoms with E-state index in [1.807, 2.05) is 23.6 Å². The van der Waals surface area contributed by atoms with Crippen molar-refractivity contribution in [1.29, 1.82) is 0 Å². The van der Waals surface area contributed by atoms with E-state index in [1.54, 1.807) is 11.3 Å². The van der Waals surface area contributed by atoms with Crippen molar-refractivity contribution < 1.29 is 9.53 Å². The molecule has 2 aliphatic rings. The summed E-state index contributed by atoms with van der Waals surface area (Å²) in [5, 5.41) is 5.10. The molecule has 4 rings (SSSR count). The van der Waals surface area contributed by atoms with Gasteiger partial charge >= 0.3 is 0 Å². The van der Waals surface area contributed by atoms with Crippen LogP contribution in [0.4, 0.5) is 0 Å². The van der Waals surface area contributed by atoms with Crippen molar-refractivity contribution in [2.75, 3.05) is 6.54 Å². The first kappa shape index (κ1) is 14.8. The van der Waals surface area contributed by atoms with Gasteiger partial charge in [0.15, 0.2) is 0 Å². The standard InChI is InChI=1S/C19H21NO2S/c1-12-6-7-15-16(11-23-18(15)8-12)19(21)20-10-14-9-13-4-2-3-5-17(13)22-14/h2-5,11-12,14H,6-10H2,1H3,(H,20,21)/t12-,14-/m0/s1. The average Bonchev–Trinajstić information content (AvgIpc) is 3.15. The van der Waals surface area contributed by atoms with Crippen molar-refractivity contribution in [2.24, 2.45) is 5.92 Å². The van der Waals surface area contributed by atoms with Crippen LogP contribution in [-0.2, 0) is 19.3 Å². The van der Waals surface area contributed by atoms with Crippen LogP contribution in [0.3, 0.4) is 0 Å². The highest BCUT2D eigenvalue weighted by atomic mass is 32.1. The molecule has 1 aliphatic heterocycles. The molecule has 1 aromatic heterocycles. The second kappa shape index (κ2) is 6.00. The first-order chi connectivity index (χ1) is 11.2. The fraction of sp³-hybridized carbons (Fsp3) is 0.421. The summed E-state index contributed by atoms with van der Waals surface area (Å²) in [6, 6.07) is 8.10. The van der Waals surface area contributed by atoms with Crippen molar-refractivity contribution in [3.8, 4) is 5.75 Å². The summed E-state index contributed by atoms with van der Waals surface area (Å²) in [4.78, 5) is 13.9. The van der Waals surface area contributed by atoms with Gasteiger partial charge in [-0.25, -0.2) is 0 Å². The van der Waals surface area contributed by atoms with Gasteiger partial charge in [0.1, 0.15) is 11.9 Å². The molecule has 0 saturated heterocycles. The quantitative estimate of drug-likeness (QED) is 0.935. The zero-order chi connectivity index (χ0) is 15.8. The molecule has 120 valence electrons. The lowest BCUT2D eigenvalue weighted by Crippen LogP contribution is -2.34. The van der Waals surface area contributed by atoms with Gasteiger partial charge in [-0.3, -0.25) is 4.79 Å². The Hall–Kier alpha value is -1.81. The van der Waals surface area contributed by atoms with Crippen LogP contribution in [0.2, 0.25) is 0 Å². The van der Waals surface area contributed by atoms with Crippen LogP contribution in [0, 0.1) is 5.92 Å². The summed E-state index contributed by atoms with van der Waals surface area (Å²) in [7, 11) is 0. The summed E-state index contributed by atoms with van der Waals surface area (Å²) in [6.07, 6.45) is 4.26. The Bertz CT molecular complexity index is 712. The smallest absolute Gasteiger partial charge is 0.252 e. The van der Waals surface area contributed by atoms with E-state index in [2.05, 4.69) is 18.3 Å². The maximum Gasteiger partial charge on any atom is 0.252 e. The maximum absolute atomic E-state index is 12.5. The molecular formula is C19H21NO2S. The molecule has 2 atom stereocenters. The summed E-state index contributed by atoms with van der Waals surface area (Å²) in [5.74, 6) is 1.74. The molecule has 1 aliphatic carbocycles. The Labute approximate surface area is 140 Å². The second-order valence-corrected chi connectivity index (χ2v) is 7.63. The van der Waals surface area contributed by atoms with E-state index >= 15 is 0 Å². The number of hydrogen-bond donors (Lipinski definition) is 1. The molecule has 2 aromatic rings. The Kier molecular flexibility index (Phi) is 3.85. The third-order valence-electron chi connectivity index (χ3n) is 4.85. The molecule has 0 radical (unpaired) electrons. The van der Waals surface area contributed by atoms with Gasteiger partial charge in [0.25, 0.3) is 5.91 Å². The monoisotopic (exact) mass is 327 g/mol. The summed E-state index contributed by atoms with van der Waals surface area (Å²) >= 11 is 1.74. The van der Waals surface area contributed by atoms with E-state index in [0.717, 1.165) is 36.5 Å². The third kappa shape index (κ3) is 2.88. The lowest BCUT2D eigenvalue weighted by molar-refractivity contribution is 0.0932. The molecule has 0 fully saturated rings. The highest BCUT2D eigenvalue weighted by Crippen LogP contribution is 2.33. The summed E-state index contributed by atoms with van der Waals surface area (Å²) < 4.78 is 5.89. The largest absolute Gasteiger partial charge is 0.488 e. The number of benzene rings is 1. The molecule has 0 bridgehead atoms. The highest BCUT2D eigenvalue weighted by Gasteiger charge is 2.25. The van der Waals surface area contributed by atoms with Crippen LogP contribution in [0.25, 0.3) is 0 Å². The predicted octanol–water partition coefficient (Wildman–Crippen LogP) is 3.61. The van der Waals surface area contributed by atoms with E-state index < -0.39 is 0 Å². The lowest BCUT2D eigenvalue weighted by Gasteiger charge is -2.19. The lowest BCUT2D eigenvalue weighted by atomic mass is 9.88. The Morgan fingerprint density at radius 1 is 1.35 bits per heavy atom. The minimum absolute atomic E-state index is 0.0471. The van der Waals surface area contributed by atoms with E-state index in [1.165, 1.54) is 22.4 Å². The number of carbonyl (C=O) groups is 1. The van der Waals surface area contributed by atoms with Crippen molar-refractivity contribution >= 4 is 17.2 Å². The molecule has 1 amide bonds. The number of fused-ring (bicyclic) bond motifs is 2. The van der Waals surface area contributed by atoms with Crippen molar-refractivity contribution in [2.45, 2.75) is 38.7 Å². The molecule has 0 unspecified atom stereocenters. The molecule has 2 heterocycles. The number of nitrogens with one attached hydrogen (secondary N) is 1. The van der Waals surface area contributed by atoms with Crippen LogP contribution in [0.15, 0.2) is 29.6 Å². The minimum atomic E-state index is 0.0471. The van der Waals surface area contributed by atoms with Gasteiger partial charge < -0.3 is 10.1 Å². The number of para-hydroxylation sites is 1. The van der Waals surface area contributed by atoms with Gasteiger partial charge in [-0.15, -0.1) is 11.3 Å². The Balaban J connectivity index is 1.38. The zero-order valence-corrected chi connectivity index (χ0v) is 14.1. The molecular weight excluding hydrogens is 306 g/mol. The first-order valence-electron chi connectivity index (χ1n) is 8.32. The van der Waals surface area contributed by atoms with Gasteiger partial charge in [0.05, 0.1) is 12.1 Å². The van der Waals surface area contributed by atoms with E-state index in [4.69, 9.17) is 4.74 Å². The Morgan fingerprint density at radius 3 is 3.09 bits per heavy atom. The maximum atomic E-state index is 12.5. The molecule has 0 saturated carbocycles. The normalized spacial score (nSPS) is 22.1. The van der Waals surface area contributed by atoms with Crippen LogP contribution < -0.4 is 10.1 Å². The topological polar surface area (TPSA) is 38.3 Å². The van der Waals surface area contributed by atoms with Crippen LogP contribution in [0.1, 0.15) is 39.7 Å². The van der Waals surface area contributed by atoms with E-state index in [0.29, 0.717) is 6.54 Å². The van der Waals surface area contributed by atoms with Gasteiger partial charge in [0, 0.05) is 16.7 Å². The number of thiophene rings is 1. The summed E-state index contributed by atoms with van der Waals surface area (Å²) in [5.41, 5.74) is 3.39. The fourth-order valence-electron chi connectivity index (χ4n) is 3.54.